The number of carbonyl (C=O) groups is 2. The summed E-state index contributed by atoms with van der Waals surface area (Å²) < 4.78 is 5.05. The minimum atomic E-state index is -1.08. The second kappa shape index (κ2) is 7.91. The highest BCUT2D eigenvalue weighted by molar-refractivity contribution is 5.95. The van der Waals surface area contributed by atoms with Crippen molar-refractivity contribution in [3.63, 3.8) is 0 Å². The number of amides is 1. The number of ether oxygens (including phenoxy) is 1. The number of nitro groups is 1. The van der Waals surface area contributed by atoms with E-state index < -0.39 is 22.8 Å². The van der Waals surface area contributed by atoms with Crippen LogP contribution in [0.15, 0.2) is 48.5 Å². The summed E-state index contributed by atoms with van der Waals surface area (Å²) in [6, 6.07) is 11.1. The molecule has 2 aromatic carbocycles. The van der Waals surface area contributed by atoms with Gasteiger partial charge in [-0.15, -0.1) is 0 Å². The van der Waals surface area contributed by atoms with E-state index in [-0.39, 0.29) is 17.7 Å². The van der Waals surface area contributed by atoms with Crippen molar-refractivity contribution < 1.29 is 24.4 Å². The molecule has 2 N–H and O–H groups in total. The summed E-state index contributed by atoms with van der Waals surface area (Å²) in [6.45, 7) is 0. The molecule has 0 aliphatic heterocycles. The number of hydrogen-bond donors (Lipinski definition) is 2. The van der Waals surface area contributed by atoms with Gasteiger partial charge in [-0.3, -0.25) is 19.7 Å². The van der Waals surface area contributed by atoms with Crippen molar-refractivity contribution in [2.45, 2.75) is 12.5 Å². The number of aliphatic carboxylic acids is 1. The predicted molar refractivity (Wildman–Crippen MR) is 88.6 cm³/mol. The molecule has 0 fully saturated rings. The normalized spacial score (nSPS) is 11.4. The molecule has 0 saturated heterocycles. The molecular weight excluding hydrogens is 328 g/mol. The zero-order valence-electron chi connectivity index (χ0n) is 13.3. The molecule has 1 unspecified atom stereocenters. The van der Waals surface area contributed by atoms with E-state index in [2.05, 4.69) is 5.32 Å². The number of nitro benzene ring substituents is 1. The Kier molecular flexibility index (Phi) is 5.67. The van der Waals surface area contributed by atoms with Gasteiger partial charge < -0.3 is 15.2 Å². The third-order valence-electron chi connectivity index (χ3n) is 3.52. The number of methoxy groups -OCH3 is 1. The molecule has 0 aliphatic rings. The Morgan fingerprint density at radius 3 is 2.48 bits per heavy atom. The molecule has 0 radical (unpaired) electrons. The highest BCUT2D eigenvalue weighted by Crippen LogP contribution is 2.21. The number of carbonyl (C=O) groups excluding carboxylic acids is 1. The zero-order chi connectivity index (χ0) is 18.4. The molecular formula is C17H16N2O6. The van der Waals surface area contributed by atoms with Crippen molar-refractivity contribution >= 4 is 17.6 Å². The summed E-state index contributed by atoms with van der Waals surface area (Å²) >= 11 is 0. The molecule has 0 spiro atoms. The highest BCUT2D eigenvalue weighted by atomic mass is 16.6. The lowest BCUT2D eigenvalue weighted by molar-refractivity contribution is -0.384. The molecule has 130 valence electrons. The van der Waals surface area contributed by atoms with Crippen LogP contribution in [0.5, 0.6) is 5.75 Å². The van der Waals surface area contributed by atoms with Crippen molar-refractivity contribution in [3.8, 4) is 5.75 Å². The lowest BCUT2D eigenvalue weighted by Gasteiger charge is -2.18. The molecule has 0 aromatic heterocycles. The van der Waals surface area contributed by atoms with Crippen LogP contribution in [0, 0.1) is 10.1 Å². The van der Waals surface area contributed by atoms with E-state index in [1.807, 2.05) is 0 Å². The van der Waals surface area contributed by atoms with Crippen LogP contribution in [0.1, 0.15) is 28.4 Å². The molecule has 8 nitrogen and oxygen atoms in total. The monoisotopic (exact) mass is 344 g/mol. The van der Waals surface area contributed by atoms with Crippen molar-refractivity contribution in [2.75, 3.05) is 7.11 Å². The van der Waals surface area contributed by atoms with Crippen LogP contribution in [0.25, 0.3) is 0 Å². The lowest BCUT2D eigenvalue weighted by atomic mass is 10.0. The lowest BCUT2D eigenvalue weighted by Crippen LogP contribution is -2.30. The summed E-state index contributed by atoms with van der Waals surface area (Å²) in [4.78, 5) is 33.7. The Balaban J connectivity index is 2.23. The van der Waals surface area contributed by atoms with Gasteiger partial charge in [0.2, 0.25) is 0 Å². The second-order valence-electron chi connectivity index (χ2n) is 5.20. The van der Waals surface area contributed by atoms with E-state index in [0.29, 0.717) is 11.3 Å². The zero-order valence-corrected chi connectivity index (χ0v) is 13.3. The van der Waals surface area contributed by atoms with Crippen LogP contribution in [0.2, 0.25) is 0 Å². The van der Waals surface area contributed by atoms with E-state index in [0.717, 1.165) is 6.07 Å². The smallest absolute Gasteiger partial charge is 0.305 e. The first-order valence-electron chi connectivity index (χ1n) is 7.31. The van der Waals surface area contributed by atoms with Crippen LogP contribution in [0.4, 0.5) is 5.69 Å². The number of carboxylic acid groups (broad SMARTS) is 1. The molecule has 0 heterocycles. The van der Waals surface area contributed by atoms with Gasteiger partial charge >= 0.3 is 5.97 Å². The standard InChI is InChI=1S/C17H16N2O6/c1-25-14-7-5-11(6-8-14)15(10-16(20)21)18-17(22)12-3-2-4-13(9-12)19(23)24/h2-9,15H,10H2,1H3,(H,18,22)(H,20,21). The van der Waals surface area contributed by atoms with Crippen LogP contribution in [-0.2, 0) is 4.79 Å². The van der Waals surface area contributed by atoms with Gasteiger partial charge in [0.1, 0.15) is 5.75 Å². The number of rotatable bonds is 7. The van der Waals surface area contributed by atoms with Crippen LogP contribution < -0.4 is 10.1 Å². The summed E-state index contributed by atoms with van der Waals surface area (Å²) in [5, 5.41) is 22.5. The first-order chi connectivity index (χ1) is 11.9. The molecule has 25 heavy (non-hydrogen) atoms. The Morgan fingerprint density at radius 1 is 1.24 bits per heavy atom. The number of nitrogens with one attached hydrogen (secondary N) is 1. The fourth-order valence-electron chi connectivity index (χ4n) is 2.27. The number of non-ortho nitro benzene ring substituents is 1. The van der Waals surface area contributed by atoms with E-state index in [1.165, 1.54) is 25.3 Å². The average Bonchev–Trinajstić information content (AvgIpc) is 2.61. The molecule has 8 heteroatoms. The topological polar surface area (TPSA) is 119 Å². The maximum atomic E-state index is 12.4. The van der Waals surface area contributed by atoms with E-state index >= 15 is 0 Å². The number of nitrogens with zero attached hydrogens (tertiary/aromatic N) is 1. The predicted octanol–water partition coefficient (Wildman–Crippen LogP) is 2.55. The first-order valence-corrected chi connectivity index (χ1v) is 7.31. The number of carboxylic acids is 1. The van der Waals surface area contributed by atoms with Gasteiger partial charge in [0, 0.05) is 17.7 Å². The third-order valence-corrected chi connectivity index (χ3v) is 3.52. The fourth-order valence-corrected chi connectivity index (χ4v) is 2.27. The molecule has 0 bridgehead atoms. The second-order valence-corrected chi connectivity index (χ2v) is 5.20. The average molecular weight is 344 g/mol. The van der Waals surface area contributed by atoms with Gasteiger partial charge in [0.05, 0.1) is 24.5 Å². The summed E-state index contributed by atoms with van der Waals surface area (Å²) in [5.41, 5.74) is 0.451. The quantitative estimate of drug-likeness (QED) is 0.588. The first kappa shape index (κ1) is 17.9. The summed E-state index contributed by atoms with van der Waals surface area (Å²) in [6.07, 6.45) is -0.326. The van der Waals surface area contributed by atoms with E-state index in [1.54, 1.807) is 24.3 Å². The van der Waals surface area contributed by atoms with Gasteiger partial charge in [0.15, 0.2) is 0 Å². The van der Waals surface area contributed by atoms with Crippen LogP contribution in [-0.4, -0.2) is 29.0 Å². The minimum Gasteiger partial charge on any atom is -0.497 e. The third kappa shape index (κ3) is 4.77. The number of benzene rings is 2. The van der Waals surface area contributed by atoms with E-state index in [4.69, 9.17) is 9.84 Å². The molecule has 2 rings (SSSR count). The molecule has 0 saturated carbocycles. The summed E-state index contributed by atoms with van der Waals surface area (Å²) in [5.74, 6) is -1.08. The van der Waals surface area contributed by atoms with Crippen molar-refractivity contribution in [1.29, 1.82) is 0 Å². The van der Waals surface area contributed by atoms with Crippen LogP contribution >= 0.6 is 0 Å². The Labute approximate surface area is 143 Å². The van der Waals surface area contributed by atoms with Crippen molar-refractivity contribution in [1.82, 2.24) is 5.32 Å². The maximum absolute atomic E-state index is 12.4. The Hall–Kier alpha value is -3.42. The molecule has 1 amide bonds. The maximum Gasteiger partial charge on any atom is 0.305 e. The van der Waals surface area contributed by atoms with E-state index in [9.17, 15) is 19.7 Å². The fraction of sp³-hybridized carbons (Fsp3) is 0.176. The van der Waals surface area contributed by atoms with Gasteiger partial charge in [0.25, 0.3) is 11.6 Å². The van der Waals surface area contributed by atoms with Gasteiger partial charge in [-0.2, -0.15) is 0 Å². The molecule has 0 aliphatic carbocycles. The largest absolute Gasteiger partial charge is 0.497 e. The molecule has 2 aromatic rings. The summed E-state index contributed by atoms with van der Waals surface area (Å²) in [7, 11) is 1.51. The van der Waals surface area contributed by atoms with Gasteiger partial charge in [-0.1, -0.05) is 18.2 Å². The Bertz CT molecular complexity index is 788. The van der Waals surface area contributed by atoms with Gasteiger partial charge in [-0.25, -0.2) is 0 Å². The van der Waals surface area contributed by atoms with Crippen molar-refractivity contribution in [3.05, 3.63) is 69.8 Å². The van der Waals surface area contributed by atoms with Crippen molar-refractivity contribution in [2.24, 2.45) is 0 Å². The minimum absolute atomic E-state index is 0.0816. The SMILES string of the molecule is COc1ccc(C(CC(=O)O)NC(=O)c2cccc([N+](=O)[O-])c2)cc1. The van der Waals surface area contributed by atoms with Gasteiger partial charge in [-0.05, 0) is 23.8 Å². The Morgan fingerprint density at radius 2 is 1.92 bits per heavy atom. The molecule has 1 atom stereocenters. The highest BCUT2D eigenvalue weighted by Gasteiger charge is 2.20. The van der Waals surface area contributed by atoms with Crippen LogP contribution in [0.3, 0.4) is 0 Å². The number of hydrogen-bond acceptors (Lipinski definition) is 5.